The van der Waals surface area contributed by atoms with Gasteiger partial charge in [-0.2, -0.15) is 16.9 Å². The van der Waals surface area contributed by atoms with Crippen LogP contribution in [0.5, 0.6) is 0 Å². The second kappa shape index (κ2) is 5.53. The molecule has 3 heterocycles. The van der Waals surface area contributed by atoms with E-state index in [1.807, 2.05) is 22.6 Å². The Morgan fingerprint density at radius 2 is 2.56 bits per heavy atom. The van der Waals surface area contributed by atoms with Crippen LogP contribution >= 0.6 is 11.8 Å². The second-order valence-corrected chi connectivity index (χ2v) is 6.78. The number of ether oxygens (including phenoxy) is 1. The van der Waals surface area contributed by atoms with Gasteiger partial charge in [0.25, 0.3) is 0 Å². The molecule has 0 spiro atoms. The molecule has 100 valence electrons. The Balaban J connectivity index is 1.52. The van der Waals surface area contributed by atoms with Crippen molar-refractivity contribution in [1.29, 1.82) is 0 Å². The van der Waals surface area contributed by atoms with Crippen molar-refractivity contribution in [3.63, 3.8) is 0 Å². The predicted molar refractivity (Wildman–Crippen MR) is 75.1 cm³/mol. The molecule has 4 nitrogen and oxygen atoms in total. The van der Waals surface area contributed by atoms with Crippen LogP contribution in [0.15, 0.2) is 12.4 Å². The average molecular weight is 267 g/mol. The summed E-state index contributed by atoms with van der Waals surface area (Å²) in [6.45, 7) is 4.10. The highest BCUT2D eigenvalue weighted by molar-refractivity contribution is 8.00. The molecule has 1 aromatic heterocycles. The van der Waals surface area contributed by atoms with Gasteiger partial charge < -0.3 is 10.1 Å². The summed E-state index contributed by atoms with van der Waals surface area (Å²) in [5.74, 6) is 1.21. The zero-order valence-electron chi connectivity index (χ0n) is 10.8. The number of anilines is 1. The highest BCUT2D eigenvalue weighted by atomic mass is 32.2. The second-order valence-electron chi connectivity index (χ2n) is 5.31. The first-order chi connectivity index (χ1) is 8.79. The summed E-state index contributed by atoms with van der Waals surface area (Å²) in [4.78, 5) is 0. The third-order valence-electron chi connectivity index (χ3n) is 3.62. The Labute approximate surface area is 112 Å². The summed E-state index contributed by atoms with van der Waals surface area (Å²) in [7, 11) is 0. The lowest BCUT2D eigenvalue weighted by Gasteiger charge is -2.11. The molecule has 2 aliphatic heterocycles. The number of rotatable bonds is 4. The van der Waals surface area contributed by atoms with Crippen LogP contribution in [0.4, 0.5) is 5.69 Å². The van der Waals surface area contributed by atoms with Crippen LogP contribution in [0.1, 0.15) is 26.2 Å². The number of hydrogen-bond acceptors (Lipinski definition) is 4. The van der Waals surface area contributed by atoms with Gasteiger partial charge in [-0.25, -0.2) is 0 Å². The van der Waals surface area contributed by atoms with E-state index in [1.54, 1.807) is 0 Å². The summed E-state index contributed by atoms with van der Waals surface area (Å²) < 4.78 is 7.63. The molecule has 0 amide bonds. The molecule has 3 atom stereocenters. The molecular formula is C13H21N3OS. The fourth-order valence-electron chi connectivity index (χ4n) is 2.69. The molecule has 1 N–H and O–H groups in total. The van der Waals surface area contributed by atoms with Crippen molar-refractivity contribution in [3.8, 4) is 0 Å². The minimum Gasteiger partial charge on any atom is -0.379 e. The summed E-state index contributed by atoms with van der Waals surface area (Å²) in [5.41, 5.74) is 1.15. The lowest BCUT2D eigenvalue weighted by molar-refractivity contribution is 0.0940. The smallest absolute Gasteiger partial charge is 0.0771 e. The number of nitrogens with one attached hydrogen (secondary N) is 1. The molecule has 2 fully saturated rings. The fourth-order valence-corrected chi connectivity index (χ4v) is 3.84. The minimum atomic E-state index is 0.361. The number of thioether (sulfide) groups is 1. The summed E-state index contributed by atoms with van der Waals surface area (Å²) in [6.07, 6.45) is 8.01. The topological polar surface area (TPSA) is 39.1 Å². The maximum Gasteiger partial charge on any atom is 0.0771 e. The third kappa shape index (κ3) is 3.01. The normalized spacial score (nSPS) is 31.9. The molecule has 2 aliphatic rings. The van der Waals surface area contributed by atoms with Gasteiger partial charge in [0.2, 0.25) is 0 Å². The monoisotopic (exact) mass is 267 g/mol. The Bertz CT molecular complexity index is 389. The highest BCUT2D eigenvalue weighted by Crippen LogP contribution is 2.28. The zero-order valence-corrected chi connectivity index (χ0v) is 11.7. The van der Waals surface area contributed by atoms with Crippen LogP contribution in [0.2, 0.25) is 0 Å². The van der Waals surface area contributed by atoms with E-state index in [9.17, 15) is 0 Å². The molecule has 0 aromatic carbocycles. The van der Waals surface area contributed by atoms with E-state index in [-0.39, 0.29) is 0 Å². The van der Waals surface area contributed by atoms with Crippen LogP contribution in [-0.4, -0.2) is 39.5 Å². The molecular weight excluding hydrogens is 246 g/mol. The maximum atomic E-state index is 5.63. The van der Waals surface area contributed by atoms with Crippen molar-refractivity contribution in [2.45, 2.75) is 50.1 Å². The molecule has 0 radical (unpaired) electrons. The van der Waals surface area contributed by atoms with Gasteiger partial charge in [-0.15, -0.1) is 0 Å². The van der Waals surface area contributed by atoms with Crippen molar-refractivity contribution in [2.24, 2.45) is 0 Å². The van der Waals surface area contributed by atoms with E-state index < -0.39 is 0 Å². The first kappa shape index (κ1) is 12.4. The molecule has 0 saturated carbocycles. The SMILES string of the molecule is CC1CC(Nc2cnn(CC3CCCO3)c2)CS1. The van der Waals surface area contributed by atoms with E-state index in [1.165, 1.54) is 25.0 Å². The number of aromatic nitrogens is 2. The Hall–Kier alpha value is -0.680. The first-order valence-electron chi connectivity index (χ1n) is 6.82. The van der Waals surface area contributed by atoms with Gasteiger partial charge in [0, 0.05) is 29.8 Å². The molecule has 18 heavy (non-hydrogen) atoms. The number of hydrogen-bond donors (Lipinski definition) is 1. The molecule has 0 aliphatic carbocycles. The van der Waals surface area contributed by atoms with E-state index >= 15 is 0 Å². The van der Waals surface area contributed by atoms with Gasteiger partial charge in [-0.1, -0.05) is 6.92 Å². The Morgan fingerprint density at radius 3 is 3.28 bits per heavy atom. The first-order valence-corrected chi connectivity index (χ1v) is 7.86. The largest absolute Gasteiger partial charge is 0.379 e. The lowest BCUT2D eigenvalue weighted by Crippen LogP contribution is -2.18. The summed E-state index contributed by atoms with van der Waals surface area (Å²) in [5, 5.41) is 8.76. The van der Waals surface area contributed by atoms with Gasteiger partial charge >= 0.3 is 0 Å². The minimum absolute atomic E-state index is 0.361. The van der Waals surface area contributed by atoms with Gasteiger partial charge in [0.15, 0.2) is 0 Å². The number of nitrogens with zero attached hydrogens (tertiary/aromatic N) is 2. The van der Waals surface area contributed by atoms with Crippen LogP contribution in [-0.2, 0) is 11.3 Å². The average Bonchev–Trinajstić information content (AvgIpc) is 3.04. The Kier molecular flexibility index (Phi) is 3.80. The fraction of sp³-hybridized carbons (Fsp3) is 0.769. The lowest BCUT2D eigenvalue weighted by atomic mass is 10.2. The van der Waals surface area contributed by atoms with Gasteiger partial charge in [0.1, 0.15) is 0 Å². The van der Waals surface area contributed by atoms with Crippen molar-refractivity contribution in [1.82, 2.24) is 9.78 Å². The van der Waals surface area contributed by atoms with Gasteiger partial charge in [-0.3, -0.25) is 4.68 Å². The van der Waals surface area contributed by atoms with Crippen LogP contribution in [0.3, 0.4) is 0 Å². The third-order valence-corrected chi connectivity index (χ3v) is 4.97. The quantitative estimate of drug-likeness (QED) is 0.909. The summed E-state index contributed by atoms with van der Waals surface area (Å²) in [6, 6.07) is 0.602. The molecule has 3 rings (SSSR count). The van der Waals surface area contributed by atoms with Crippen LogP contribution < -0.4 is 5.32 Å². The van der Waals surface area contributed by atoms with E-state index in [4.69, 9.17) is 4.74 Å². The standard InChI is InChI=1S/C13H21N3OS/c1-10-5-11(9-18-10)15-12-6-14-16(7-12)8-13-3-2-4-17-13/h6-7,10-11,13,15H,2-5,8-9H2,1H3. The molecule has 3 unspecified atom stereocenters. The van der Waals surface area contributed by atoms with E-state index in [2.05, 4.69) is 23.5 Å². The van der Waals surface area contributed by atoms with Crippen molar-refractivity contribution in [3.05, 3.63) is 12.4 Å². The van der Waals surface area contributed by atoms with Crippen LogP contribution in [0, 0.1) is 0 Å². The van der Waals surface area contributed by atoms with Crippen LogP contribution in [0.25, 0.3) is 0 Å². The van der Waals surface area contributed by atoms with Crippen molar-refractivity contribution in [2.75, 3.05) is 17.7 Å². The van der Waals surface area contributed by atoms with E-state index in [0.29, 0.717) is 12.1 Å². The molecule has 0 bridgehead atoms. The Morgan fingerprint density at radius 1 is 1.61 bits per heavy atom. The highest BCUT2D eigenvalue weighted by Gasteiger charge is 2.22. The summed E-state index contributed by atoms with van der Waals surface area (Å²) >= 11 is 2.05. The zero-order chi connectivity index (χ0) is 12.4. The maximum absolute atomic E-state index is 5.63. The van der Waals surface area contributed by atoms with E-state index in [0.717, 1.165) is 24.1 Å². The van der Waals surface area contributed by atoms with Gasteiger partial charge in [0.05, 0.1) is 24.5 Å². The van der Waals surface area contributed by atoms with Crippen molar-refractivity contribution >= 4 is 17.4 Å². The molecule has 5 heteroatoms. The molecule has 1 aromatic rings. The molecule has 2 saturated heterocycles. The van der Waals surface area contributed by atoms with Gasteiger partial charge in [-0.05, 0) is 19.3 Å². The predicted octanol–water partition coefficient (Wildman–Crippen LogP) is 2.37. The van der Waals surface area contributed by atoms with Crippen molar-refractivity contribution < 1.29 is 4.74 Å².